The largest absolute Gasteiger partial charge is 0.327 e. The summed E-state index contributed by atoms with van der Waals surface area (Å²) >= 11 is 1.70. The number of carbonyl (C=O) groups excluding carboxylic acids is 1. The number of likely N-dealkylation sites (N-methyl/N-ethyl adjacent to an activating group) is 1. The van der Waals surface area contributed by atoms with Crippen LogP contribution in [0.1, 0.15) is 39.7 Å². The van der Waals surface area contributed by atoms with Crippen LogP contribution in [0.2, 0.25) is 0 Å². The number of benzene rings is 1. The summed E-state index contributed by atoms with van der Waals surface area (Å²) in [5.74, 6) is 1.06. The smallest absolute Gasteiger partial charge is 0.254 e. The van der Waals surface area contributed by atoms with E-state index < -0.39 is 0 Å². The van der Waals surface area contributed by atoms with E-state index in [1.54, 1.807) is 16.2 Å². The van der Waals surface area contributed by atoms with Crippen LogP contribution in [-0.2, 0) is 19.5 Å². The van der Waals surface area contributed by atoms with Crippen molar-refractivity contribution >= 4 is 17.2 Å². The molecule has 4 heterocycles. The number of nitrogens with zero attached hydrogens (tertiary/aromatic N) is 6. The molecule has 5 rings (SSSR count). The fraction of sp³-hybridized carbons (Fsp3) is 0.400. The van der Waals surface area contributed by atoms with Crippen molar-refractivity contribution in [2.24, 2.45) is 0 Å². The van der Waals surface area contributed by atoms with Crippen molar-refractivity contribution in [3.63, 3.8) is 0 Å². The van der Waals surface area contributed by atoms with Crippen LogP contribution in [0.3, 0.4) is 0 Å². The van der Waals surface area contributed by atoms with Gasteiger partial charge in [-0.25, -0.2) is 9.37 Å². The summed E-state index contributed by atoms with van der Waals surface area (Å²) in [7, 11) is 2.11. The molecule has 0 radical (unpaired) electrons. The number of fused-ring (bicyclic) bond motifs is 2. The van der Waals surface area contributed by atoms with Gasteiger partial charge in [0.1, 0.15) is 5.82 Å². The van der Waals surface area contributed by atoms with Gasteiger partial charge in [0.05, 0.1) is 11.7 Å². The maximum atomic E-state index is 13.2. The zero-order valence-corrected chi connectivity index (χ0v) is 17.1. The molecule has 2 aliphatic rings. The van der Waals surface area contributed by atoms with Gasteiger partial charge < -0.3 is 14.4 Å². The molecule has 1 amide bonds. The minimum atomic E-state index is -0.352. The van der Waals surface area contributed by atoms with E-state index in [1.807, 2.05) is 6.92 Å². The van der Waals surface area contributed by atoms with Gasteiger partial charge in [-0.1, -0.05) is 0 Å². The van der Waals surface area contributed by atoms with Gasteiger partial charge in [0.25, 0.3) is 5.91 Å². The quantitative estimate of drug-likeness (QED) is 0.648. The van der Waals surface area contributed by atoms with E-state index >= 15 is 0 Å². The highest BCUT2D eigenvalue weighted by Crippen LogP contribution is 2.34. The first-order valence-corrected chi connectivity index (χ1v) is 10.5. The fourth-order valence-electron chi connectivity index (χ4n) is 4.00. The van der Waals surface area contributed by atoms with Gasteiger partial charge in [0, 0.05) is 36.6 Å². The van der Waals surface area contributed by atoms with Crippen LogP contribution in [0, 0.1) is 5.82 Å². The van der Waals surface area contributed by atoms with E-state index in [2.05, 4.69) is 26.7 Å². The molecule has 0 bridgehead atoms. The van der Waals surface area contributed by atoms with Gasteiger partial charge in [-0.05, 0) is 44.7 Å². The number of rotatable bonds is 2. The predicted octanol–water partition coefficient (Wildman–Crippen LogP) is 2.75. The minimum Gasteiger partial charge on any atom is -0.327 e. The molecule has 0 N–H and O–H groups in total. The Balaban J connectivity index is 1.43. The topological polar surface area (TPSA) is 67.2 Å². The lowest BCUT2D eigenvalue weighted by Crippen LogP contribution is -2.41. The second-order valence-corrected chi connectivity index (χ2v) is 8.68. The van der Waals surface area contributed by atoms with Crippen molar-refractivity contribution in [2.75, 3.05) is 20.1 Å². The predicted molar refractivity (Wildman–Crippen MR) is 107 cm³/mol. The lowest BCUT2D eigenvalue weighted by atomic mass is 10.1. The number of thiazole rings is 1. The van der Waals surface area contributed by atoms with Crippen LogP contribution in [0.15, 0.2) is 24.3 Å². The number of hydrogen-bond donors (Lipinski definition) is 0. The average molecular weight is 412 g/mol. The van der Waals surface area contributed by atoms with E-state index in [0.29, 0.717) is 18.7 Å². The van der Waals surface area contributed by atoms with Crippen LogP contribution >= 0.6 is 11.3 Å². The molecule has 0 fully saturated rings. The second kappa shape index (κ2) is 7.00. The lowest BCUT2D eigenvalue weighted by Gasteiger charge is -2.33. The normalized spacial score (nSPS) is 19.1. The number of halogens is 1. The minimum absolute atomic E-state index is 0.124. The summed E-state index contributed by atoms with van der Waals surface area (Å²) in [5, 5.41) is 9.71. The van der Waals surface area contributed by atoms with Crippen LogP contribution in [0.5, 0.6) is 0 Å². The number of aromatic nitrogens is 4. The van der Waals surface area contributed by atoms with Crippen molar-refractivity contribution in [2.45, 2.75) is 32.5 Å². The lowest BCUT2D eigenvalue weighted by molar-refractivity contribution is 0.0638. The maximum absolute atomic E-state index is 13.2. The third kappa shape index (κ3) is 3.14. The Labute approximate surface area is 171 Å². The monoisotopic (exact) mass is 412 g/mol. The van der Waals surface area contributed by atoms with Crippen LogP contribution in [0.25, 0.3) is 10.8 Å². The van der Waals surface area contributed by atoms with Crippen molar-refractivity contribution in [1.29, 1.82) is 0 Å². The molecule has 0 unspecified atom stereocenters. The molecule has 3 aromatic rings. The van der Waals surface area contributed by atoms with Crippen molar-refractivity contribution in [1.82, 2.24) is 29.5 Å². The molecular formula is C20H21FN6OS. The van der Waals surface area contributed by atoms with E-state index in [4.69, 9.17) is 4.98 Å². The van der Waals surface area contributed by atoms with Gasteiger partial charge >= 0.3 is 0 Å². The highest BCUT2D eigenvalue weighted by molar-refractivity contribution is 7.15. The van der Waals surface area contributed by atoms with Gasteiger partial charge in [-0.2, -0.15) is 0 Å². The number of carbonyl (C=O) groups is 1. The molecule has 1 atom stereocenters. The van der Waals surface area contributed by atoms with Crippen LogP contribution in [0.4, 0.5) is 4.39 Å². The molecule has 9 heteroatoms. The Morgan fingerprint density at radius 1 is 1.17 bits per heavy atom. The summed E-state index contributed by atoms with van der Waals surface area (Å²) < 4.78 is 15.3. The molecule has 150 valence electrons. The molecular weight excluding hydrogens is 391 g/mol. The Hall–Kier alpha value is -2.65. The zero-order valence-electron chi connectivity index (χ0n) is 16.3. The first-order chi connectivity index (χ1) is 14.0. The summed E-state index contributed by atoms with van der Waals surface area (Å²) in [6.07, 6.45) is 1.01. The first-order valence-electron chi connectivity index (χ1n) is 9.68. The Morgan fingerprint density at radius 3 is 2.76 bits per heavy atom. The molecule has 0 spiro atoms. The summed E-state index contributed by atoms with van der Waals surface area (Å²) in [6, 6.07) is 5.44. The van der Waals surface area contributed by atoms with Crippen molar-refractivity contribution in [3.05, 3.63) is 52.0 Å². The molecule has 2 aromatic heterocycles. The molecule has 7 nitrogen and oxygen atoms in total. The number of amides is 1. The van der Waals surface area contributed by atoms with Gasteiger partial charge in [-0.15, -0.1) is 21.5 Å². The number of hydrogen-bond acceptors (Lipinski definition) is 6. The third-order valence-electron chi connectivity index (χ3n) is 5.65. The Bertz CT molecular complexity index is 1080. The summed E-state index contributed by atoms with van der Waals surface area (Å²) in [6.45, 7) is 5.02. The highest BCUT2D eigenvalue weighted by atomic mass is 32.1. The Morgan fingerprint density at radius 2 is 1.97 bits per heavy atom. The van der Waals surface area contributed by atoms with Crippen molar-refractivity contribution < 1.29 is 9.18 Å². The molecule has 1 aromatic carbocycles. The molecule has 0 saturated heterocycles. The third-order valence-corrected chi connectivity index (χ3v) is 6.80. The first kappa shape index (κ1) is 18.4. The summed E-state index contributed by atoms with van der Waals surface area (Å²) in [5.41, 5.74) is 1.61. The Kier molecular flexibility index (Phi) is 4.44. The van der Waals surface area contributed by atoms with E-state index in [1.165, 1.54) is 29.1 Å². The second-order valence-electron chi connectivity index (χ2n) is 7.59. The van der Waals surface area contributed by atoms with Crippen molar-refractivity contribution in [3.8, 4) is 10.8 Å². The average Bonchev–Trinajstić information content (AvgIpc) is 3.32. The van der Waals surface area contributed by atoms with Gasteiger partial charge in [0.15, 0.2) is 16.7 Å². The van der Waals surface area contributed by atoms with Crippen LogP contribution in [-0.4, -0.2) is 55.6 Å². The fourth-order valence-corrected chi connectivity index (χ4v) is 5.06. The molecule has 2 aliphatic heterocycles. The standard InChI is InChI=1S/C20H21FN6OS/c1-12-17-23-24-18(19-22-15-11-25(2)8-7-16(15)29-19)27(17)10-9-26(12)20(28)13-3-5-14(21)6-4-13/h3-6,12H,7-11H2,1-2H3/t12-/m1/s1. The summed E-state index contributed by atoms with van der Waals surface area (Å²) in [4.78, 5) is 23.1. The van der Waals surface area contributed by atoms with Gasteiger partial charge in [0.2, 0.25) is 0 Å². The van der Waals surface area contributed by atoms with E-state index in [-0.39, 0.29) is 17.8 Å². The van der Waals surface area contributed by atoms with E-state index in [9.17, 15) is 9.18 Å². The molecule has 0 aliphatic carbocycles. The zero-order chi connectivity index (χ0) is 20.1. The van der Waals surface area contributed by atoms with Gasteiger partial charge in [-0.3, -0.25) is 4.79 Å². The molecule has 0 saturated carbocycles. The maximum Gasteiger partial charge on any atom is 0.254 e. The van der Waals surface area contributed by atoms with E-state index in [0.717, 1.165) is 41.9 Å². The van der Waals surface area contributed by atoms with Crippen LogP contribution < -0.4 is 0 Å². The highest BCUT2D eigenvalue weighted by Gasteiger charge is 2.33. The molecule has 29 heavy (non-hydrogen) atoms. The SMILES string of the molecule is C[C@@H]1c2nnc(-c3nc4c(s3)CCN(C)C4)n2CCN1C(=O)c1ccc(F)cc1.